The number of carbonyl (C=O) groups excluding carboxylic acids is 2. The van der Waals surface area contributed by atoms with Crippen molar-refractivity contribution in [1.82, 2.24) is 9.88 Å². The quantitative estimate of drug-likeness (QED) is 0.643. The van der Waals surface area contributed by atoms with E-state index < -0.39 is 0 Å². The number of benzene rings is 2. The van der Waals surface area contributed by atoms with Crippen molar-refractivity contribution < 1.29 is 9.59 Å². The Bertz CT molecular complexity index is 989. The van der Waals surface area contributed by atoms with Crippen molar-refractivity contribution in [2.45, 2.75) is 25.7 Å². The number of nitrogens with one attached hydrogen (secondary N) is 1. The molecule has 2 amide bonds. The number of aryl methyl sites for hydroxylation is 2. The van der Waals surface area contributed by atoms with Crippen LogP contribution in [0.4, 0.5) is 5.13 Å². The number of thiazole rings is 1. The Morgan fingerprint density at radius 2 is 1.87 bits per heavy atom. The van der Waals surface area contributed by atoms with Gasteiger partial charge in [0.2, 0.25) is 5.91 Å². The number of nitrogens with zero attached hydrogens (tertiary/aromatic N) is 2. The molecule has 5 nitrogen and oxygen atoms in total. The van der Waals surface area contributed by atoms with Gasteiger partial charge in [-0.05, 0) is 42.9 Å². The van der Waals surface area contributed by atoms with E-state index in [9.17, 15) is 9.59 Å². The molecule has 0 saturated carbocycles. The number of hydrogen-bond acceptors (Lipinski definition) is 4. The summed E-state index contributed by atoms with van der Waals surface area (Å²) in [6.07, 6.45) is 4.99. The Hall–Kier alpha value is -2.99. The third-order valence-electron chi connectivity index (χ3n) is 5.52. The van der Waals surface area contributed by atoms with Crippen LogP contribution in [0.1, 0.15) is 34.3 Å². The van der Waals surface area contributed by atoms with Crippen LogP contribution in [-0.4, -0.2) is 34.8 Å². The fraction of sp³-hybridized carbons (Fsp3) is 0.292. The number of hydrogen-bond donors (Lipinski definition) is 1. The molecule has 0 aliphatic carbocycles. The van der Waals surface area contributed by atoms with E-state index in [-0.39, 0.29) is 17.7 Å². The van der Waals surface area contributed by atoms with Crippen LogP contribution in [0.25, 0.3) is 0 Å². The first kappa shape index (κ1) is 20.3. The second-order valence-electron chi connectivity index (χ2n) is 7.56. The van der Waals surface area contributed by atoms with E-state index in [4.69, 9.17) is 0 Å². The van der Waals surface area contributed by atoms with Gasteiger partial charge in [-0.1, -0.05) is 48.5 Å². The lowest BCUT2D eigenvalue weighted by molar-refractivity contribution is -0.121. The molecule has 2 aromatic carbocycles. The fourth-order valence-corrected chi connectivity index (χ4v) is 4.44. The Morgan fingerprint density at radius 1 is 1.07 bits per heavy atom. The number of likely N-dealkylation sites (tertiary alicyclic amines) is 1. The highest BCUT2D eigenvalue weighted by Crippen LogP contribution is 2.23. The molecule has 1 aromatic heterocycles. The van der Waals surface area contributed by atoms with Crippen LogP contribution in [0.2, 0.25) is 0 Å². The molecule has 0 bridgehead atoms. The number of carbonyl (C=O) groups is 2. The van der Waals surface area contributed by atoms with Crippen molar-refractivity contribution >= 4 is 28.3 Å². The molecule has 1 aliphatic rings. The molecule has 4 rings (SSSR count). The predicted octanol–water partition coefficient (Wildman–Crippen LogP) is 4.42. The van der Waals surface area contributed by atoms with Crippen molar-refractivity contribution in [3.63, 3.8) is 0 Å². The van der Waals surface area contributed by atoms with Gasteiger partial charge in [0.25, 0.3) is 5.91 Å². The minimum atomic E-state index is -0.205. The van der Waals surface area contributed by atoms with Crippen molar-refractivity contribution in [2.75, 3.05) is 18.4 Å². The van der Waals surface area contributed by atoms with E-state index in [1.54, 1.807) is 6.20 Å². The topological polar surface area (TPSA) is 62.3 Å². The van der Waals surface area contributed by atoms with Crippen molar-refractivity contribution in [1.29, 1.82) is 0 Å². The Kier molecular flexibility index (Phi) is 6.54. The van der Waals surface area contributed by atoms with Gasteiger partial charge in [-0.3, -0.25) is 9.59 Å². The minimum absolute atomic E-state index is 0.0189. The summed E-state index contributed by atoms with van der Waals surface area (Å²) in [5.74, 6) is -0.242. The zero-order valence-electron chi connectivity index (χ0n) is 16.8. The summed E-state index contributed by atoms with van der Waals surface area (Å²) in [7, 11) is 0. The largest absolute Gasteiger partial charge is 0.338 e. The molecule has 1 unspecified atom stereocenters. The average Bonchev–Trinajstić information content (AvgIpc) is 3.31. The first-order valence-electron chi connectivity index (χ1n) is 10.3. The van der Waals surface area contributed by atoms with Gasteiger partial charge >= 0.3 is 0 Å². The summed E-state index contributed by atoms with van der Waals surface area (Å²) in [5.41, 5.74) is 3.06. The van der Waals surface area contributed by atoms with E-state index in [2.05, 4.69) is 22.4 Å². The molecule has 1 saturated heterocycles. The second kappa shape index (κ2) is 9.67. The molecule has 1 N–H and O–H groups in total. The van der Waals surface area contributed by atoms with Gasteiger partial charge in [-0.25, -0.2) is 4.98 Å². The number of rotatable bonds is 6. The third-order valence-corrected chi connectivity index (χ3v) is 6.20. The molecule has 0 radical (unpaired) electrons. The highest BCUT2D eigenvalue weighted by atomic mass is 32.1. The number of aromatic nitrogens is 1. The molecule has 3 aromatic rings. The summed E-state index contributed by atoms with van der Waals surface area (Å²) in [6, 6.07) is 18.1. The van der Waals surface area contributed by atoms with Gasteiger partial charge in [0, 0.05) is 30.2 Å². The van der Waals surface area contributed by atoms with Gasteiger partial charge in [0.15, 0.2) is 5.13 Å². The summed E-state index contributed by atoms with van der Waals surface area (Å²) < 4.78 is 0. The predicted molar refractivity (Wildman–Crippen MR) is 120 cm³/mol. The minimum Gasteiger partial charge on any atom is -0.338 e. The molecule has 6 heteroatoms. The van der Waals surface area contributed by atoms with Crippen molar-refractivity contribution in [3.8, 4) is 0 Å². The van der Waals surface area contributed by atoms with Gasteiger partial charge in [0.1, 0.15) is 0 Å². The maximum Gasteiger partial charge on any atom is 0.254 e. The number of amides is 2. The standard InChI is InChI=1S/C24H25N3O2S/c28-22(26-24-25-14-16-30-24)20-10-6-15-27(17-20)23(29)21-11-5-4-9-19(21)13-12-18-7-2-1-3-8-18/h1-5,7-9,11,14,16,20H,6,10,12-13,15,17H2,(H,25,26,28). The first-order valence-corrected chi connectivity index (χ1v) is 11.2. The van der Waals surface area contributed by atoms with Gasteiger partial charge in [-0.15, -0.1) is 11.3 Å². The van der Waals surface area contributed by atoms with Crippen LogP contribution in [0.3, 0.4) is 0 Å². The Balaban J connectivity index is 1.43. The molecule has 154 valence electrons. The fourth-order valence-electron chi connectivity index (χ4n) is 3.91. The molecular weight excluding hydrogens is 394 g/mol. The average molecular weight is 420 g/mol. The maximum atomic E-state index is 13.3. The first-order chi connectivity index (χ1) is 14.7. The van der Waals surface area contributed by atoms with E-state index in [0.717, 1.165) is 36.8 Å². The maximum absolute atomic E-state index is 13.3. The summed E-state index contributed by atoms with van der Waals surface area (Å²) in [5, 5.41) is 5.31. The van der Waals surface area contributed by atoms with Crippen LogP contribution in [0, 0.1) is 5.92 Å². The molecular formula is C24H25N3O2S. The van der Waals surface area contributed by atoms with Crippen molar-refractivity contribution in [3.05, 3.63) is 82.9 Å². The summed E-state index contributed by atoms with van der Waals surface area (Å²) >= 11 is 1.40. The molecule has 0 spiro atoms. The number of anilines is 1. The highest BCUT2D eigenvalue weighted by Gasteiger charge is 2.30. The third kappa shape index (κ3) is 4.94. The lowest BCUT2D eigenvalue weighted by atomic mass is 9.95. The summed E-state index contributed by atoms with van der Waals surface area (Å²) in [6.45, 7) is 1.13. The molecule has 1 fully saturated rings. The van der Waals surface area contributed by atoms with Gasteiger partial charge in [0.05, 0.1) is 5.92 Å². The van der Waals surface area contributed by atoms with Crippen LogP contribution in [0.5, 0.6) is 0 Å². The van der Waals surface area contributed by atoms with Gasteiger partial charge < -0.3 is 10.2 Å². The number of piperidine rings is 1. The van der Waals surface area contributed by atoms with Crippen LogP contribution < -0.4 is 5.32 Å². The van der Waals surface area contributed by atoms with Crippen molar-refractivity contribution in [2.24, 2.45) is 5.92 Å². The normalized spacial score (nSPS) is 16.3. The Morgan fingerprint density at radius 3 is 2.67 bits per heavy atom. The molecule has 2 heterocycles. The summed E-state index contributed by atoms with van der Waals surface area (Å²) in [4.78, 5) is 31.9. The van der Waals surface area contributed by atoms with E-state index in [1.165, 1.54) is 16.9 Å². The van der Waals surface area contributed by atoms with Crippen LogP contribution >= 0.6 is 11.3 Å². The van der Waals surface area contributed by atoms with Crippen LogP contribution in [-0.2, 0) is 17.6 Å². The Labute approximate surface area is 180 Å². The molecule has 1 aliphatic heterocycles. The highest BCUT2D eigenvalue weighted by molar-refractivity contribution is 7.13. The lowest BCUT2D eigenvalue weighted by Gasteiger charge is -2.32. The zero-order chi connectivity index (χ0) is 20.8. The van der Waals surface area contributed by atoms with Gasteiger partial charge in [-0.2, -0.15) is 0 Å². The van der Waals surface area contributed by atoms with E-state index in [1.807, 2.05) is 52.7 Å². The second-order valence-corrected chi connectivity index (χ2v) is 8.45. The zero-order valence-corrected chi connectivity index (χ0v) is 17.6. The molecule has 1 atom stereocenters. The smallest absolute Gasteiger partial charge is 0.254 e. The van der Waals surface area contributed by atoms with Crippen LogP contribution in [0.15, 0.2) is 66.2 Å². The SMILES string of the molecule is O=C(Nc1nccs1)C1CCCN(C(=O)c2ccccc2CCc2ccccc2)C1. The van der Waals surface area contributed by atoms with E-state index in [0.29, 0.717) is 18.2 Å². The monoisotopic (exact) mass is 419 g/mol. The van der Waals surface area contributed by atoms with E-state index >= 15 is 0 Å². The lowest BCUT2D eigenvalue weighted by Crippen LogP contribution is -2.44. The molecule has 30 heavy (non-hydrogen) atoms.